The molecule has 7 heteroatoms. The predicted octanol–water partition coefficient (Wildman–Crippen LogP) is 1.68. The van der Waals surface area contributed by atoms with Gasteiger partial charge in [0.2, 0.25) is 0 Å². The maximum Gasteiger partial charge on any atom is 0.345 e. The molecule has 1 aromatic carbocycles. The number of H-pyrrole nitrogens is 1. The fourth-order valence-corrected chi connectivity index (χ4v) is 3.32. The lowest BCUT2D eigenvalue weighted by atomic mass is 10.2. The first-order valence-corrected chi connectivity index (χ1v) is 8.75. The van der Waals surface area contributed by atoms with E-state index in [9.17, 15) is 9.59 Å². The lowest BCUT2D eigenvalue weighted by Gasteiger charge is -2.09. The molecule has 0 spiro atoms. The quantitative estimate of drug-likeness (QED) is 0.694. The van der Waals surface area contributed by atoms with Crippen molar-refractivity contribution in [1.82, 2.24) is 24.6 Å². The molecule has 0 fully saturated rings. The van der Waals surface area contributed by atoms with Gasteiger partial charge in [-0.25, -0.2) is 9.48 Å². The van der Waals surface area contributed by atoms with Crippen LogP contribution in [0.2, 0.25) is 0 Å². The van der Waals surface area contributed by atoms with Crippen LogP contribution in [0.3, 0.4) is 0 Å². The third-order valence-corrected chi connectivity index (χ3v) is 4.64. The Morgan fingerprint density at radius 1 is 1.28 bits per heavy atom. The van der Waals surface area contributed by atoms with Gasteiger partial charge in [-0.1, -0.05) is 18.2 Å². The molecule has 0 bridgehead atoms. The number of fused-ring (bicyclic) bond motifs is 2. The highest BCUT2D eigenvalue weighted by Crippen LogP contribution is 2.14. The van der Waals surface area contributed by atoms with Gasteiger partial charge in [0.25, 0.3) is 5.91 Å². The Balaban J connectivity index is 1.33. The summed E-state index contributed by atoms with van der Waals surface area (Å²) in [6.07, 6.45) is 3.68. The number of nitrogens with zero attached hydrogens (tertiary/aromatic N) is 3. The second kappa shape index (κ2) is 6.58. The Hall–Kier alpha value is -2.83. The monoisotopic (exact) mass is 339 g/mol. The molecule has 3 heterocycles. The summed E-state index contributed by atoms with van der Waals surface area (Å²) in [6.45, 7) is 1.79. The van der Waals surface area contributed by atoms with Gasteiger partial charge in [0.15, 0.2) is 0 Å². The number of carbonyl (C=O) groups is 1. The van der Waals surface area contributed by atoms with E-state index >= 15 is 0 Å². The fraction of sp³-hybridized carbons (Fsp3) is 0.389. The zero-order valence-corrected chi connectivity index (χ0v) is 14.0. The maximum absolute atomic E-state index is 12.2. The minimum absolute atomic E-state index is 0.0309. The fourth-order valence-electron chi connectivity index (χ4n) is 3.32. The van der Waals surface area contributed by atoms with E-state index in [1.165, 1.54) is 4.68 Å². The summed E-state index contributed by atoms with van der Waals surface area (Å²) in [5.41, 5.74) is 1.47. The van der Waals surface area contributed by atoms with Crippen LogP contribution in [0, 0.1) is 0 Å². The first kappa shape index (κ1) is 15.7. The Kier molecular flexibility index (Phi) is 4.13. The van der Waals surface area contributed by atoms with Gasteiger partial charge in [-0.15, -0.1) is 0 Å². The highest BCUT2D eigenvalue weighted by Gasteiger charge is 2.16. The summed E-state index contributed by atoms with van der Waals surface area (Å²) in [4.78, 5) is 27.6. The molecule has 0 unspecified atom stereocenters. The molecular formula is C18H21N5O2. The molecule has 1 amide bonds. The summed E-state index contributed by atoms with van der Waals surface area (Å²) in [7, 11) is 0. The number of para-hydroxylation sites is 1. The number of aryl methyl sites for hydroxylation is 2. The van der Waals surface area contributed by atoms with Gasteiger partial charge in [0.1, 0.15) is 11.5 Å². The van der Waals surface area contributed by atoms with Gasteiger partial charge in [-0.05, 0) is 31.4 Å². The molecule has 0 atom stereocenters. The van der Waals surface area contributed by atoms with Crippen LogP contribution in [0.4, 0.5) is 0 Å². The molecule has 2 aromatic heterocycles. The molecule has 2 N–H and O–H groups in total. The lowest BCUT2D eigenvalue weighted by molar-refractivity contribution is 0.0948. The largest absolute Gasteiger partial charge is 0.351 e. The number of hydrogen-bond donors (Lipinski definition) is 2. The molecular weight excluding hydrogens is 318 g/mol. The number of carbonyl (C=O) groups excluding carboxylic acids is 1. The first-order chi connectivity index (χ1) is 12.2. The van der Waals surface area contributed by atoms with Crippen molar-refractivity contribution in [2.24, 2.45) is 0 Å². The SMILES string of the molecule is O=C(NCCCn1nc2n(c1=O)CCCC2)c1cc2ccccc2[nH]1. The van der Waals surface area contributed by atoms with Crippen molar-refractivity contribution in [2.75, 3.05) is 6.54 Å². The third kappa shape index (κ3) is 3.09. The Morgan fingerprint density at radius 3 is 3.00 bits per heavy atom. The summed E-state index contributed by atoms with van der Waals surface area (Å²) < 4.78 is 3.29. The number of rotatable bonds is 5. The Bertz CT molecular complexity index is 932. The highest BCUT2D eigenvalue weighted by atomic mass is 16.2. The van der Waals surface area contributed by atoms with Crippen molar-refractivity contribution in [3.05, 3.63) is 52.3 Å². The van der Waals surface area contributed by atoms with Crippen LogP contribution in [-0.2, 0) is 19.5 Å². The molecule has 1 aliphatic heterocycles. The lowest BCUT2D eigenvalue weighted by Crippen LogP contribution is -2.29. The predicted molar refractivity (Wildman–Crippen MR) is 94.7 cm³/mol. The van der Waals surface area contributed by atoms with Crippen LogP contribution in [0.1, 0.15) is 35.6 Å². The van der Waals surface area contributed by atoms with Crippen LogP contribution in [0.5, 0.6) is 0 Å². The minimum Gasteiger partial charge on any atom is -0.351 e. The number of benzene rings is 1. The number of aromatic nitrogens is 4. The topological polar surface area (TPSA) is 84.7 Å². The molecule has 0 saturated carbocycles. The number of amides is 1. The third-order valence-electron chi connectivity index (χ3n) is 4.64. The molecule has 0 radical (unpaired) electrons. The van der Waals surface area contributed by atoms with Crippen LogP contribution in [0.25, 0.3) is 10.9 Å². The van der Waals surface area contributed by atoms with Gasteiger partial charge in [0.05, 0.1) is 0 Å². The smallest absolute Gasteiger partial charge is 0.345 e. The van der Waals surface area contributed by atoms with E-state index < -0.39 is 0 Å². The van der Waals surface area contributed by atoms with E-state index in [0.29, 0.717) is 25.2 Å². The van der Waals surface area contributed by atoms with Crippen molar-refractivity contribution in [2.45, 2.75) is 38.8 Å². The van der Waals surface area contributed by atoms with E-state index in [2.05, 4.69) is 15.4 Å². The summed E-state index contributed by atoms with van der Waals surface area (Å²) in [5.74, 6) is 0.756. The van der Waals surface area contributed by atoms with Gasteiger partial charge < -0.3 is 10.3 Å². The van der Waals surface area contributed by atoms with Gasteiger partial charge >= 0.3 is 5.69 Å². The van der Waals surface area contributed by atoms with Crippen molar-refractivity contribution in [3.63, 3.8) is 0 Å². The average Bonchev–Trinajstić information content (AvgIpc) is 3.20. The molecule has 0 saturated heterocycles. The number of nitrogens with one attached hydrogen (secondary N) is 2. The minimum atomic E-state index is -0.132. The van der Waals surface area contributed by atoms with Crippen LogP contribution in [-0.4, -0.2) is 31.8 Å². The molecule has 0 aliphatic carbocycles. The first-order valence-electron chi connectivity index (χ1n) is 8.75. The number of hydrogen-bond acceptors (Lipinski definition) is 3. The van der Waals surface area contributed by atoms with Crippen molar-refractivity contribution in [3.8, 4) is 0 Å². The van der Waals surface area contributed by atoms with Crippen LogP contribution in [0.15, 0.2) is 35.1 Å². The Morgan fingerprint density at radius 2 is 2.16 bits per heavy atom. The standard InChI is InChI=1S/C18H21N5O2/c24-17(15-12-13-6-1-2-7-14(13)20-15)19-9-5-11-23-18(25)22-10-4-3-8-16(22)21-23/h1-2,6-7,12,20H,3-5,8-11H2,(H,19,24). The highest BCUT2D eigenvalue weighted by molar-refractivity contribution is 5.97. The van der Waals surface area contributed by atoms with E-state index in [-0.39, 0.29) is 11.6 Å². The van der Waals surface area contributed by atoms with Gasteiger partial charge in [0, 0.05) is 37.0 Å². The maximum atomic E-state index is 12.2. The summed E-state index contributed by atoms with van der Waals surface area (Å²) in [5, 5.41) is 8.31. The summed E-state index contributed by atoms with van der Waals surface area (Å²) >= 11 is 0. The second-order valence-electron chi connectivity index (χ2n) is 6.41. The normalized spacial score (nSPS) is 13.8. The summed E-state index contributed by atoms with van der Waals surface area (Å²) in [6, 6.07) is 9.63. The molecule has 4 rings (SSSR count). The van der Waals surface area contributed by atoms with Gasteiger partial charge in [-0.3, -0.25) is 9.36 Å². The van der Waals surface area contributed by atoms with Crippen molar-refractivity contribution < 1.29 is 4.79 Å². The van der Waals surface area contributed by atoms with Gasteiger partial charge in [-0.2, -0.15) is 5.10 Å². The molecule has 3 aromatic rings. The average molecular weight is 339 g/mol. The molecule has 130 valence electrons. The molecule has 7 nitrogen and oxygen atoms in total. The molecule has 1 aliphatic rings. The zero-order chi connectivity index (χ0) is 17.2. The van der Waals surface area contributed by atoms with E-state index in [1.54, 1.807) is 4.57 Å². The van der Waals surface area contributed by atoms with Crippen LogP contribution < -0.4 is 11.0 Å². The second-order valence-corrected chi connectivity index (χ2v) is 6.41. The van der Waals surface area contributed by atoms with Crippen molar-refractivity contribution >= 4 is 16.8 Å². The van der Waals surface area contributed by atoms with E-state index in [0.717, 1.165) is 42.5 Å². The Labute approximate surface area is 144 Å². The van der Waals surface area contributed by atoms with Crippen LogP contribution >= 0.6 is 0 Å². The molecule has 25 heavy (non-hydrogen) atoms. The van der Waals surface area contributed by atoms with E-state index in [1.807, 2.05) is 30.3 Å². The number of aromatic amines is 1. The zero-order valence-electron chi connectivity index (χ0n) is 14.0. The van der Waals surface area contributed by atoms with E-state index in [4.69, 9.17) is 0 Å². The van der Waals surface area contributed by atoms with Crippen molar-refractivity contribution in [1.29, 1.82) is 0 Å².